The van der Waals surface area contributed by atoms with E-state index in [0.717, 1.165) is 72.4 Å². The van der Waals surface area contributed by atoms with Gasteiger partial charge in [0, 0.05) is 54.9 Å². The molecule has 0 aliphatic heterocycles. The Kier molecular flexibility index (Phi) is 7.78. The highest BCUT2D eigenvalue weighted by molar-refractivity contribution is 6.29. The number of para-hydroxylation sites is 2. The summed E-state index contributed by atoms with van der Waals surface area (Å²) in [5.74, 6) is 0.694. The fraction of sp³-hybridized carbons (Fsp3) is 0. The lowest BCUT2D eigenvalue weighted by Crippen LogP contribution is -1.96. The second-order valence-electron chi connectivity index (χ2n) is 14.4. The summed E-state index contributed by atoms with van der Waals surface area (Å²) < 4.78 is 2.39. The monoisotopic (exact) mass is 726 g/mol. The van der Waals surface area contributed by atoms with E-state index in [9.17, 15) is 0 Å². The van der Waals surface area contributed by atoms with Crippen molar-refractivity contribution in [2.45, 2.75) is 0 Å². The summed E-state index contributed by atoms with van der Waals surface area (Å²) in [6, 6.07) is 72.5. The Morgan fingerprint density at radius 1 is 0.316 bits per heavy atom. The van der Waals surface area contributed by atoms with Gasteiger partial charge in [-0.05, 0) is 47.5 Å². The summed E-state index contributed by atoms with van der Waals surface area (Å²) in [5, 5.41) is 5.95. The smallest absolute Gasteiger partial charge is 0.160 e. The maximum absolute atomic E-state index is 5.43. The van der Waals surface area contributed by atoms with Crippen molar-refractivity contribution < 1.29 is 0 Å². The van der Waals surface area contributed by atoms with Gasteiger partial charge in [-0.15, -0.1) is 0 Å². The van der Waals surface area contributed by atoms with Gasteiger partial charge >= 0.3 is 0 Å². The number of benzene rings is 8. The highest BCUT2D eigenvalue weighted by Crippen LogP contribution is 2.43. The Labute approximate surface area is 330 Å². The molecule has 0 radical (unpaired) electrons. The highest BCUT2D eigenvalue weighted by atomic mass is 15.0. The topological polar surface area (TPSA) is 43.6 Å². The Morgan fingerprint density at radius 2 is 0.860 bits per heavy atom. The van der Waals surface area contributed by atoms with Gasteiger partial charge in [-0.2, -0.15) is 0 Å². The zero-order chi connectivity index (χ0) is 37.7. The molecule has 266 valence electrons. The lowest BCUT2D eigenvalue weighted by atomic mass is 9.94. The average Bonchev–Trinajstić information content (AvgIpc) is 3.64. The van der Waals surface area contributed by atoms with E-state index in [0.29, 0.717) is 5.82 Å². The second kappa shape index (κ2) is 13.6. The molecule has 57 heavy (non-hydrogen) atoms. The molecule has 0 N–H and O–H groups in total. The molecule has 4 heteroatoms. The molecule has 0 unspecified atom stereocenters. The predicted octanol–water partition coefficient (Wildman–Crippen LogP) is 13.6. The number of aromatic nitrogens is 4. The van der Waals surface area contributed by atoms with Crippen LogP contribution in [-0.4, -0.2) is 19.5 Å². The molecular formula is C53H34N4. The number of fused-ring (bicyclic) bond motifs is 7. The van der Waals surface area contributed by atoms with Gasteiger partial charge in [0.1, 0.15) is 0 Å². The van der Waals surface area contributed by atoms with Crippen LogP contribution in [0.4, 0.5) is 0 Å². The molecule has 11 aromatic rings. The molecule has 4 nitrogen and oxygen atoms in total. The van der Waals surface area contributed by atoms with Crippen molar-refractivity contribution in [3.63, 3.8) is 0 Å². The van der Waals surface area contributed by atoms with Crippen LogP contribution in [0.15, 0.2) is 206 Å². The summed E-state index contributed by atoms with van der Waals surface area (Å²) in [6.45, 7) is 0. The molecule has 11 rings (SSSR count). The quantitative estimate of drug-likeness (QED) is 0.160. The van der Waals surface area contributed by atoms with Crippen molar-refractivity contribution in [3.8, 4) is 62.0 Å². The standard InChI is InChI=1S/C53H34N4/c1-5-15-36(16-6-1)45-34-46(37-17-7-2-8-18-37)56-53(55-45)39-27-25-35(26-28-39)40-29-30-42-47(33-40)54-52(38-19-9-3-10-20-38)44-31-32-49-51(50(42)44)43-23-13-14-24-48(43)57(49)41-21-11-4-12-22-41/h1-34H. The highest BCUT2D eigenvalue weighted by Gasteiger charge is 2.20. The number of pyridine rings is 1. The van der Waals surface area contributed by atoms with E-state index in [1.165, 1.54) is 27.2 Å². The van der Waals surface area contributed by atoms with Gasteiger partial charge < -0.3 is 4.57 Å². The molecular weight excluding hydrogens is 693 g/mol. The van der Waals surface area contributed by atoms with Crippen LogP contribution in [0, 0.1) is 0 Å². The van der Waals surface area contributed by atoms with E-state index >= 15 is 0 Å². The Hall–Kier alpha value is -7.69. The normalized spacial score (nSPS) is 11.5. The Morgan fingerprint density at radius 3 is 1.53 bits per heavy atom. The molecule has 8 aromatic carbocycles. The van der Waals surface area contributed by atoms with Crippen molar-refractivity contribution in [1.82, 2.24) is 19.5 Å². The number of nitrogens with zero attached hydrogens (tertiary/aromatic N) is 4. The van der Waals surface area contributed by atoms with Crippen LogP contribution in [0.25, 0.3) is 105 Å². The molecule has 0 atom stereocenters. The van der Waals surface area contributed by atoms with Crippen LogP contribution in [0.1, 0.15) is 0 Å². The molecule has 0 aliphatic rings. The van der Waals surface area contributed by atoms with Crippen LogP contribution >= 0.6 is 0 Å². The third-order valence-corrected chi connectivity index (χ3v) is 11.0. The molecule has 0 spiro atoms. The minimum Gasteiger partial charge on any atom is -0.309 e. The molecule has 0 amide bonds. The summed E-state index contributed by atoms with van der Waals surface area (Å²) in [7, 11) is 0. The van der Waals surface area contributed by atoms with Crippen molar-refractivity contribution in [2.75, 3.05) is 0 Å². The summed E-state index contributed by atoms with van der Waals surface area (Å²) in [4.78, 5) is 15.5. The number of hydrogen-bond acceptors (Lipinski definition) is 3. The number of rotatable bonds is 6. The lowest BCUT2D eigenvalue weighted by molar-refractivity contribution is 1.18. The minimum atomic E-state index is 0.694. The van der Waals surface area contributed by atoms with Crippen molar-refractivity contribution in [3.05, 3.63) is 206 Å². The summed E-state index contributed by atoms with van der Waals surface area (Å²) in [6.07, 6.45) is 0. The molecule has 3 aromatic heterocycles. The fourth-order valence-electron chi connectivity index (χ4n) is 8.31. The van der Waals surface area contributed by atoms with Gasteiger partial charge in [0.05, 0.1) is 33.6 Å². The Balaban J connectivity index is 1.08. The maximum Gasteiger partial charge on any atom is 0.160 e. The summed E-state index contributed by atoms with van der Waals surface area (Å²) >= 11 is 0. The third kappa shape index (κ3) is 5.66. The first kappa shape index (κ1) is 32.7. The minimum absolute atomic E-state index is 0.694. The Bertz CT molecular complexity index is 3190. The molecule has 0 bridgehead atoms. The van der Waals surface area contributed by atoms with Crippen LogP contribution in [0.2, 0.25) is 0 Å². The number of hydrogen-bond donors (Lipinski definition) is 0. The van der Waals surface area contributed by atoms with E-state index in [2.05, 4.69) is 174 Å². The van der Waals surface area contributed by atoms with E-state index in [1.807, 2.05) is 36.4 Å². The van der Waals surface area contributed by atoms with Gasteiger partial charge in [0.25, 0.3) is 0 Å². The zero-order valence-electron chi connectivity index (χ0n) is 30.9. The fourth-order valence-corrected chi connectivity index (χ4v) is 8.31. The van der Waals surface area contributed by atoms with E-state index < -0.39 is 0 Å². The van der Waals surface area contributed by atoms with Crippen LogP contribution in [-0.2, 0) is 0 Å². The molecule has 0 aliphatic carbocycles. The van der Waals surface area contributed by atoms with Gasteiger partial charge in [0.15, 0.2) is 5.82 Å². The predicted molar refractivity (Wildman–Crippen MR) is 236 cm³/mol. The molecule has 0 saturated heterocycles. The van der Waals surface area contributed by atoms with Crippen molar-refractivity contribution in [2.24, 2.45) is 0 Å². The largest absolute Gasteiger partial charge is 0.309 e. The van der Waals surface area contributed by atoms with Crippen LogP contribution in [0.3, 0.4) is 0 Å². The molecule has 3 heterocycles. The van der Waals surface area contributed by atoms with Gasteiger partial charge in [0.2, 0.25) is 0 Å². The lowest BCUT2D eigenvalue weighted by Gasteiger charge is -2.14. The first-order valence-corrected chi connectivity index (χ1v) is 19.3. The SMILES string of the molecule is c1ccc(-c2cc(-c3ccccc3)nc(-c3ccc(-c4ccc5c(c4)nc(-c4ccccc4)c4ccc6c(c7ccccc7n6-c6ccccc6)c45)cc3)n2)cc1. The summed E-state index contributed by atoms with van der Waals surface area (Å²) in [5.41, 5.74) is 13.6. The van der Waals surface area contributed by atoms with E-state index in [1.54, 1.807) is 0 Å². The van der Waals surface area contributed by atoms with Crippen molar-refractivity contribution in [1.29, 1.82) is 0 Å². The first-order chi connectivity index (χ1) is 28.3. The first-order valence-electron chi connectivity index (χ1n) is 19.3. The van der Waals surface area contributed by atoms with E-state index in [-0.39, 0.29) is 0 Å². The van der Waals surface area contributed by atoms with Gasteiger partial charge in [-0.25, -0.2) is 15.0 Å². The van der Waals surface area contributed by atoms with Gasteiger partial charge in [-0.1, -0.05) is 170 Å². The van der Waals surface area contributed by atoms with Crippen LogP contribution in [0.5, 0.6) is 0 Å². The van der Waals surface area contributed by atoms with Crippen LogP contribution < -0.4 is 0 Å². The molecule has 0 saturated carbocycles. The van der Waals surface area contributed by atoms with Crippen molar-refractivity contribution >= 4 is 43.5 Å². The zero-order valence-corrected chi connectivity index (χ0v) is 30.9. The third-order valence-electron chi connectivity index (χ3n) is 11.0. The second-order valence-corrected chi connectivity index (χ2v) is 14.4. The van der Waals surface area contributed by atoms with E-state index in [4.69, 9.17) is 15.0 Å². The van der Waals surface area contributed by atoms with Gasteiger partial charge in [-0.3, -0.25) is 0 Å². The average molecular weight is 727 g/mol. The molecule has 0 fully saturated rings. The maximum atomic E-state index is 5.43.